The summed E-state index contributed by atoms with van der Waals surface area (Å²) in [6.07, 6.45) is 2.44. The van der Waals surface area contributed by atoms with Crippen molar-refractivity contribution in [3.05, 3.63) is 89.2 Å². The van der Waals surface area contributed by atoms with E-state index >= 15 is 0 Å². The first-order valence-corrected chi connectivity index (χ1v) is 12.5. The Hall–Kier alpha value is -3.60. The van der Waals surface area contributed by atoms with E-state index in [0.717, 1.165) is 53.2 Å². The van der Waals surface area contributed by atoms with Gasteiger partial charge < -0.3 is 14.2 Å². The highest BCUT2D eigenvalue weighted by Gasteiger charge is 2.34. The van der Waals surface area contributed by atoms with Crippen molar-refractivity contribution in [2.75, 3.05) is 18.1 Å². The van der Waals surface area contributed by atoms with Gasteiger partial charge in [-0.1, -0.05) is 42.5 Å². The van der Waals surface area contributed by atoms with Gasteiger partial charge in [-0.15, -0.1) is 0 Å². The first-order valence-electron chi connectivity index (χ1n) is 12.5. The van der Waals surface area contributed by atoms with E-state index in [9.17, 15) is 4.79 Å². The van der Waals surface area contributed by atoms with E-state index in [1.54, 1.807) is 0 Å². The van der Waals surface area contributed by atoms with Crippen LogP contribution in [0.1, 0.15) is 47.7 Å². The Balaban J connectivity index is 1.30. The maximum Gasteiger partial charge on any atom is 0.227 e. The van der Waals surface area contributed by atoms with E-state index in [1.807, 2.05) is 23.1 Å². The fourth-order valence-electron chi connectivity index (χ4n) is 5.14. The molecule has 0 N–H and O–H groups in total. The van der Waals surface area contributed by atoms with Crippen molar-refractivity contribution in [3.63, 3.8) is 0 Å². The third-order valence-corrected chi connectivity index (χ3v) is 6.92. The number of carbonyl (C=O) groups excluding carboxylic acids is 1. The van der Waals surface area contributed by atoms with Gasteiger partial charge in [0.25, 0.3) is 0 Å². The van der Waals surface area contributed by atoms with Crippen molar-refractivity contribution >= 4 is 22.6 Å². The second-order valence-electron chi connectivity index (χ2n) is 9.63. The molecule has 0 saturated carbocycles. The molecule has 1 amide bonds. The molecule has 1 aliphatic heterocycles. The summed E-state index contributed by atoms with van der Waals surface area (Å²) in [7, 11) is 0. The molecule has 3 aromatic carbocycles. The predicted molar refractivity (Wildman–Crippen MR) is 141 cm³/mol. The quantitative estimate of drug-likeness (QED) is 0.284. The topological polar surface area (TPSA) is 47.4 Å². The molecule has 5 nitrogen and oxygen atoms in total. The summed E-state index contributed by atoms with van der Waals surface area (Å²) >= 11 is 0. The van der Waals surface area contributed by atoms with Gasteiger partial charge in [-0.2, -0.15) is 0 Å². The average molecular weight is 468 g/mol. The van der Waals surface area contributed by atoms with Crippen molar-refractivity contribution in [2.24, 2.45) is 0 Å². The maximum absolute atomic E-state index is 13.0. The van der Waals surface area contributed by atoms with Crippen LogP contribution in [0.4, 0.5) is 5.69 Å². The Kier molecular flexibility index (Phi) is 6.58. The number of imidazole rings is 1. The average Bonchev–Trinajstić information content (AvgIpc) is 3.41. The number of aryl methyl sites for hydroxylation is 4. The van der Waals surface area contributed by atoms with E-state index in [-0.39, 0.29) is 11.8 Å². The number of para-hydroxylation sites is 3. The SMILES string of the molecule is Cc1cccc(N2CC(c3nc4ccccc4n3CCCCOc3c(C)cccc3C)CC2=O)c1. The van der Waals surface area contributed by atoms with E-state index in [4.69, 9.17) is 9.72 Å². The van der Waals surface area contributed by atoms with Gasteiger partial charge in [-0.05, 0) is 74.6 Å². The Morgan fingerprint density at radius 1 is 0.943 bits per heavy atom. The van der Waals surface area contributed by atoms with Crippen molar-refractivity contribution < 1.29 is 9.53 Å². The third kappa shape index (κ3) is 4.81. The lowest BCUT2D eigenvalue weighted by molar-refractivity contribution is -0.117. The summed E-state index contributed by atoms with van der Waals surface area (Å²) < 4.78 is 8.44. The van der Waals surface area contributed by atoms with Gasteiger partial charge in [0.15, 0.2) is 0 Å². The number of aromatic nitrogens is 2. The number of hydrogen-bond acceptors (Lipinski definition) is 3. The minimum atomic E-state index is 0.0845. The summed E-state index contributed by atoms with van der Waals surface area (Å²) in [6, 6.07) is 22.7. The van der Waals surface area contributed by atoms with Gasteiger partial charge in [0.05, 0.1) is 17.6 Å². The molecule has 1 fully saturated rings. The second kappa shape index (κ2) is 9.95. The second-order valence-corrected chi connectivity index (χ2v) is 9.63. The van der Waals surface area contributed by atoms with E-state index in [2.05, 4.69) is 73.9 Å². The van der Waals surface area contributed by atoms with E-state index in [0.29, 0.717) is 19.6 Å². The monoisotopic (exact) mass is 467 g/mol. The first-order chi connectivity index (χ1) is 17.0. The van der Waals surface area contributed by atoms with Crippen LogP contribution in [0.25, 0.3) is 11.0 Å². The number of carbonyl (C=O) groups is 1. The number of amides is 1. The molecular formula is C30H33N3O2. The van der Waals surface area contributed by atoms with Crippen LogP contribution in [0, 0.1) is 20.8 Å². The van der Waals surface area contributed by atoms with E-state index < -0.39 is 0 Å². The van der Waals surface area contributed by atoms with Crippen molar-refractivity contribution in [1.29, 1.82) is 0 Å². The maximum atomic E-state index is 13.0. The molecule has 1 atom stereocenters. The van der Waals surface area contributed by atoms with Gasteiger partial charge >= 0.3 is 0 Å². The lowest BCUT2D eigenvalue weighted by Crippen LogP contribution is -2.24. The van der Waals surface area contributed by atoms with Crippen LogP contribution in [-0.4, -0.2) is 28.6 Å². The number of ether oxygens (including phenoxy) is 1. The molecule has 5 rings (SSSR count). The zero-order chi connectivity index (χ0) is 24.4. The Bertz CT molecular complexity index is 1340. The van der Waals surface area contributed by atoms with Crippen molar-refractivity contribution in [2.45, 2.75) is 52.5 Å². The zero-order valence-electron chi connectivity index (χ0n) is 20.8. The summed E-state index contributed by atoms with van der Waals surface area (Å²) in [4.78, 5) is 19.9. The smallest absolute Gasteiger partial charge is 0.227 e. The number of fused-ring (bicyclic) bond motifs is 1. The Labute approximate surface area is 207 Å². The highest BCUT2D eigenvalue weighted by Crippen LogP contribution is 2.33. The summed E-state index contributed by atoms with van der Waals surface area (Å²) in [5.74, 6) is 2.27. The van der Waals surface area contributed by atoms with Crippen molar-refractivity contribution in [3.8, 4) is 5.75 Å². The third-order valence-electron chi connectivity index (χ3n) is 6.92. The molecule has 0 aliphatic carbocycles. The van der Waals surface area contributed by atoms with Gasteiger partial charge in [-0.3, -0.25) is 4.79 Å². The number of nitrogens with zero attached hydrogens (tertiary/aromatic N) is 3. The van der Waals surface area contributed by atoms with Crippen molar-refractivity contribution in [1.82, 2.24) is 9.55 Å². The molecule has 2 heterocycles. The molecule has 1 unspecified atom stereocenters. The minimum Gasteiger partial charge on any atom is -0.493 e. The van der Waals surface area contributed by atoms with Crippen LogP contribution >= 0.6 is 0 Å². The molecular weight excluding hydrogens is 434 g/mol. The zero-order valence-corrected chi connectivity index (χ0v) is 20.8. The Morgan fingerprint density at radius 2 is 1.71 bits per heavy atom. The first kappa shape index (κ1) is 23.2. The normalized spacial score (nSPS) is 15.8. The molecule has 0 radical (unpaired) electrons. The predicted octanol–water partition coefficient (Wildman–Crippen LogP) is 6.34. The lowest BCUT2D eigenvalue weighted by atomic mass is 10.1. The largest absolute Gasteiger partial charge is 0.493 e. The van der Waals surface area contributed by atoms with Gasteiger partial charge in [0.1, 0.15) is 11.6 Å². The standard InChI is InChI=1S/C30H33N3O2/c1-21-10-8-13-25(18-21)33-20-24(19-28(33)34)30-31-26-14-4-5-15-27(26)32(30)16-6-7-17-35-29-22(2)11-9-12-23(29)3/h4-5,8-15,18,24H,6-7,16-17,19-20H2,1-3H3. The number of anilines is 1. The molecule has 180 valence electrons. The lowest BCUT2D eigenvalue weighted by Gasteiger charge is -2.18. The number of unbranched alkanes of at least 4 members (excludes halogenated alkanes) is 1. The molecule has 0 spiro atoms. The van der Waals surface area contributed by atoms with Crippen LogP contribution in [0.5, 0.6) is 5.75 Å². The van der Waals surface area contributed by atoms with Crippen LogP contribution < -0.4 is 9.64 Å². The molecule has 0 bridgehead atoms. The number of hydrogen-bond donors (Lipinski definition) is 0. The molecule has 35 heavy (non-hydrogen) atoms. The molecule has 5 heteroatoms. The highest BCUT2D eigenvalue weighted by molar-refractivity contribution is 5.96. The fourth-order valence-corrected chi connectivity index (χ4v) is 5.14. The van der Waals surface area contributed by atoms with Crippen LogP contribution in [-0.2, 0) is 11.3 Å². The highest BCUT2D eigenvalue weighted by atomic mass is 16.5. The Morgan fingerprint density at radius 3 is 2.51 bits per heavy atom. The van der Waals surface area contributed by atoms with Gasteiger partial charge in [-0.25, -0.2) is 4.98 Å². The fraction of sp³-hybridized carbons (Fsp3) is 0.333. The van der Waals surface area contributed by atoms with Gasteiger partial charge in [0.2, 0.25) is 5.91 Å². The van der Waals surface area contributed by atoms with Gasteiger partial charge in [0, 0.05) is 31.1 Å². The summed E-state index contributed by atoms with van der Waals surface area (Å²) in [6.45, 7) is 8.47. The molecule has 4 aromatic rings. The molecule has 1 aromatic heterocycles. The van der Waals surface area contributed by atoms with Crippen LogP contribution in [0.2, 0.25) is 0 Å². The number of rotatable bonds is 8. The molecule has 1 aliphatic rings. The van der Waals surface area contributed by atoms with E-state index in [1.165, 1.54) is 11.1 Å². The summed E-state index contributed by atoms with van der Waals surface area (Å²) in [5, 5.41) is 0. The minimum absolute atomic E-state index is 0.0845. The van der Waals surface area contributed by atoms with Crippen LogP contribution in [0.15, 0.2) is 66.7 Å². The number of benzene rings is 3. The van der Waals surface area contributed by atoms with Crippen LogP contribution in [0.3, 0.4) is 0 Å². The summed E-state index contributed by atoms with van der Waals surface area (Å²) in [5.41, 5.74) is 6.63. The molecule has 1 saturated heterocycles.